The maximum Gasteiger partial charge on any atom is 0.231 e. The Balaban J connectivity index is 1.76. The third kappa shape index (κ3) is 1.34. The van der Waals surface area contributed by atoms with Crippen molar-refractivity contribution in [3.8, 4) is 23.0 Å². The van der Waals surface area contributed by atoms with Crippen LogP contribution in [-0.2, 0) is 0 Å². The van der Waals surface area contributed by atoms with Crippen LogP contribution in [0.1, 0.15) is 31.8 Å². The van der Waals surface area contributed by atoms with Crippen LogP contribution in [0.4, 0.5) is 0 Å². The summed E-state index contributed by atoms with van der Waals surface area (Å²) >= 11 is 0. The van der Waals surface area contributed by atoms with E-state index in [-0.39, 0.29) is 25.2 Å². The van der Waals surface area contributed by atoms with Gasteiger partial charge in [-0.05, 0) is 24.3 Å². The number of carbonyl (C=O) groups excluding carboxylic acids is 2. The molecule has 2 aliphatic heterocycles. The predicted octanol–water partition coefficient (Wildman–Crippen LogP) is 1.92. The van der Waals surface area contributed by atoms with Crippen LogP contribution in [-0.4, -0.2) is 25.2 Å². The highest BCUT2D eigenvalue weighted by molar-refractivity contribution is 6.29. The highest BCUT2D eigenvalue weighted by Crippen LogP contribution is 2.42. The van der Waals surface area contributed by atoms with Gasteiger partial charge in [-0.3, -0.25) is 9.59 Å². The number of hydrogen-bond acceptors (Lipinski definition) is 6. The molecule has 0 saturated heterocycles. The lowest BCUT2D eigenvalue weighted by Crippen LogP contribution is -2.20. The van der Waals surface area contributed by atoms with E-state index in [4.69, 9.17) is 18.9 Å². The lowest BCUT2D eigenvalue weighted by Gasteiger charge is -2.18. The maximum atomic E-state index is 12.7. The second kappa shape index (κ2) is 3.79. The smallest absolute Gasteiger partial charge is 0.231 e. The number of fused-ring (bicyclic) bond motifs is 4. The molecule has 0 aromatic heterocycles. The van der Waals surface area contributed by atoms with Crippen LogP contribution < -0.4 is 18.9 Å². The van der Waals surface area contributed by atoms with Crippen molar-refractivity contribution in [2.45, 2.75) is 0 Å². The van der Waals surface area contributed by atoms with E-state index in [9.17, 15) is 9.59 Å². The van der Waals surface area contributed by atoms with Gasteiger partial charge in [-0.1, -0.05) is 0 Å². The molecule has 3 aliphatic rings. The fourth-order valence-electron chi connectivity index (χ4n) is 2.93. The molecule has 2 aromatic rings. The van der Waals surface area contributed by atoms with Crippen LogP contribution in [0.5, 0.6) is 23.0 Å². The fraction of sp³-hybridized carbons (Fsp3) is 0.125. The molecule has 5 rings (SSSR count). The van der Waals surface area contributed by atoms with E-state index in [0.29, 0.717) is 45.3 Å². The molecule has 0 radical (unpaired) electrons. The van der Waals surface area contributed by atoms with E-state index in [1.54, 1.807) is 24.3 Å². The van der Waals surface area contributed by atoms with Gasteiger partial charge in [0.25, 0.3) is 0 Å². The molecule has 6 heteroatoms. The fourth-order valence-corrected chi connectivity index (χ4v) is 2.93. The zero-order valence-corrected chi connectivity index (χ0v) is 11.2. The van der Waals surface area contributed by atoms with E-state index >= 15 is 0 Å². The van der Waals surface area contributed by atoms with Gasteiger partial charge in [0.15, 0.2) is 34.6 Å². The van der Waals surface area contributed by atoms with Gasteiger partial charge in [-0.25, -0.2) is 0 Å². The molecule has 0 fully saturated rings. The summed E-state index contributed by atoms with van der Waals surface area (Å²) in [5.41, 5.74) is 1.28. The van der Waals surface area contributed by atoms with E-state index in [0.717, 1.165) is 0 Å². The van der Waals surface area contributed by atoms with Crippen molar-refractivity contribution in [3.05, 3.63) is 46.5 Å². The second-order valence-electron chi connectivity index (χ2n) is 5.16. The van der Waals surface area contributed by atoms with E-state index in [1.165, 1.54) is 0 Å². The Morgan fingerprint density at radius 2 is 0.818 bits per heavy atom. The van der Waals surface area contributed by atoms with Gasteiger partial charge in [-0.15, -0.1) is 0 Å². The molecule has 0 amide bonds. The third-order valence-corrected chi connectivity index (χ3v) is 4.00. The Hall–Kier alpha value is -3.02. The summed E-state index contributed by atoms with van der Waals surface area (Å²) in [6.07, 6.45) is 0. The molecule has 6 nitrogen and oxygen atoms in total. The van der Waals surface area contributed by atoms with Crippen molar-refractivity contribution in [1.29, 1.82) is 0 Å². The molecule has 2 aromatic carbocycles. The van der Waals surface area contributed by atoms with Crippen molar-refractivity contribution >= 4 is 11.6 Å². The number of rotatable bonds is 0. The minimum atomic E-state index is -0.235. The molecule has 0 unspecified atom stereocenters. The summed E-state index contributed by atoms with van der Waals surface area (Å²) in [6.45, 7) is 0.174. The standard InChI is InChI=1S/C16H8O6/c17-15-7-1-11-12(20-5-19-11)2-8(7)16(18)10-4-14-13(3-9(10)15)21-6-22-14/h1-4H,5-6H2. The summed E-state index contributed by atoms with van der Waals surface area (Å²) in [7, 11) is 0. The quantitative estimate of drug-likeness (QED) is 0.631. The molecule has 1 aliphatic carbocycles. The van der Waals surface area contributed by atoms with Gasteiger partial charge in [0, 0.05) is 22.3 Å². The first-order chi connectivity index (χ1) is 10.7. The van der Waals surface area contributed by atoms with E-state index in [2.05, 4.69) is 0 Å². The first-order valence-corrected chi connectivity index (χ1v) is 6.69. The van der Waals surface area contributed by atoms with Crippen molar-refractivity contribution in [2.24, 2.45) is 0 Å². The van der Waals surface area contributed by atoms with Gasteiger partial charge < -0.3 is 18.9 Å². The van der Waals surface area contributed by atoms with Crippen LogP contribution in [0.25, 0.3) is 0 Å². The summed E-state index contributed by atoms with van der Waals surface area (Å²) < 4.78 is 21.1. The van der Waals surface area contributed by atoms with Crippen LogP contribution in [0.3, 0.4) is 0 Å². The summed E-state index contributed by atoms with van der Waals surface area (Å²) in [6, 6.07) is 6.24. The van der Waals surface area contributed by atoms with Crippen LogP contribution in [0, 0.1) is 0 Å². The van der Waals surface area contributed by atoms with Crippen molar-refractivity contribution in [3.63, 3.8) is 0 Å². The monoisotopic (exact) mass is 296 g/mol. The molecule has 22 heavy (non-hydrogen) atoms. The minimum Gasteiger partial charge on any atom is -0.454 e. The lowest BCUT2D eigenvalue weighted by atomic mass is 9.83. The summed E-state index contributed by atoms with van der Waals surface area (Å²) in [4.78, 5) is 25.4. The number of benzene rings is 2. The highest BCUT2D eigenvalue weighted by Gasteiger charge is 2.34. The van der Waals surface area contributed by atoms with Gasteiger partial charge in [0.1, 0.15) is 0 Å². The number of carbonyl (C=O) groups is 2. The molecule has 0 bridgehead atoms. The lowest BCUT2D eigenvalue weighted by molar-refractivity contribution is 0.0978. The number of hydrogen-bond donors (Lipinski definition) is 0. The van der Waals surface area contributed by atoms with Gasteiger partial charge in [0.2, 0.25) is 13.6 Å². The average Bonchev–Trinajstić information content (AvgIpc) is 3.17. The summed E-state index contributed by atoms with van der Waals surface area (Å²) in [5.74, 6) is 1.43. The molecule has 2 heterocycles. The first-order valence-electron chi connectivity index (χ1n) is 6.69. The van der Waals surface area contributed by atoms with Crippen molar-refractivity contribution in [2.75, 3.05) is 13.6 Å². The molecule has 0 N–H and O–H groups in total. The Morgan fingerprint density at radius 3 is 1.09 bits per heavy atom. The summed E-state index contributed by atoms with van der Waals surface area (Å²) in [5, 5.41) is 0. The Morgan fingerprint density at radius 1 is 0.545 bits per heavy atom. The van der Waals surface area contributed by atoms with Gasteiger partial charge >= 0.3 is 0 Å². The minimum absolute atomic E-state index is 0.0868. The number of ketones is 2. The zero-order chi connectivity index (χ0) is 14.8. The second-order valence-corrected chi connectivity index (χ2v) is 5.16. The molecule has 108 valence electrons. The molecular weight excluding hydrogens is 288 g/mol. The van der Waals surface area contributed by atoms with E-state index < -0.39 is 0 Å². The normalized spacial score (nSPS) is 16.5. The SMILES string of the molecule is O=C1c2cc3c(cc2C(=O)c2cc4c(cc21)OCO4)OCO3. The molecular formula is C16H8O6. The van der Waals surface area contributed by atoms with Crippen LogP contribution in [0.15, 0.2) is 24.3 Å². The third-order valence-electron chi connectivity index (χ3n) is 4.00. The largest absolute Gasteiger partial charge is 0.454 e. The van der Waals surface area contributed by atoms with Crippen LogP contribution >= 0.6 is 0 Å². The maximum absolute atomic E-state index is 12.7. The average molecular weight is 296 g/mol. The first kappa shape index (κ1) is 11.6. The molecule has 0 spiro atoms. The van der Waals surface area contributed by atoms with Crippen LogP contribution in [0.2, 0.25) is 0 Å². The van der Waals surface area contributed by atoms with E-state index in [1.807, 2.05) is 0 Å². The van der Waals surface area contributed by atoms with Gasteiger partial charge in [0.05, 0.1) is 0 Å². The Bertz CT molecular complexity index is 743. The zero-order valence-electron chi connectivity index (χ0n) is 11.2. The Labute approximate surface area is 124 Å². The van der Waals surface area contributed by atoms with Crippen molar-refractivity contribution in [1.82, 2.24) is 0 Å². The number of ether oxygens (including phenoxy) is 4. The highest BCUT2D eigenvalue weighted by atomic mass is 16.7. The molecule has 0 saturated carbocycles. The molecule has 0 atom stereocenters. The predicted molar refractivity (Wildman–Crippen MR) is 72.0 cm³/mol. The topological polar surface area (TPSA) is 71.1 Å². The Kier molecular flexibility index (Phi) is 2.00. The van der Waals surface area contributed by atoms with Gasteiger partial charge in [-0.2, -0.15) is 0 Å². The van der Waals surface area contributed by atoms with Crippen molar-refractivity contribution < 1.29 is 28.5 Å².